The average molecular weight is 350 g/mol. The van der Waals surface area contributed by atoms with Crippen molar-refractivity contribution in [2.75, 3.05) is 0 Å². The van der Waals surface area contributed by atoms with Gasteiger partial charge in [0.2, 0.25) is 0 Å². The Morgan fingerprint density at radius 3 is 2.96 bits per heavy atom. The minimum Gasteiger partial charge on any atom is -0.345 e. The summed E-state index contributed by atoms with van der Waals surface area (Å²) in [5.41, 5.74) is 7.95. The van der Waals surface area contributed by atoms with Crippen LogP contribution in [0.5, 0.6) is 0 Å². The van der Waals surface area contributed by atoms with Crippen LogP contribution >= 0.6 is 11.3 Å². The molecule has 0 atom stereocenters. The predicted molar refractivity (Wildman–Crippen MR) is 95.7 cm³/mol. The van der Waals surface area contributed by atoms with Gasteiger partial charge in [0.15, 0.2) is 0 Å². The normalized spacial score (nSPS) is 10.9. The number of hydrazine groups is 1. The maximum absolute atomic E-state index is 11.9. The second kappa shape index (κ2) is 6.80. The van der Waals surface area contributed by atoms with Crippen molar-refractivity contribution in [1.82, 2.24) is 30.8 Å². The number of nitrogens with zero attached hydrogens (tertiary/aromatic N) is 3. The quantitative estimate of drug-likeness (QED) is 0.481. The molecule has 7 nitrogen and oxygen atoms in total. The molecule has 0 bridgehead atoms. The number of carbonyl (C=O) groups excluding carboxylic acids is 1. The third-order valence-corrected chi connectivity index (χ3v) is 4.65. The van der Waals surface area contributed by atoms with Crippen molar-refractivity contribution in [3.8, 4) is 10.6 Å². The Balaban J connectivity index is 1.41. The number of H-pyrrole nitrogens is 1. The first-order valence-electron chi connectivity index (χ1n) is 7.61. The van der Waals surface area contributed by atoms with E-state index < -0.39 is 0 Å². The maximum atomic E-state index is 11.9. The van der Waals surface area contributed by atoms with Crippen LogP contribution in [0.25, 0.3) is 21.6 Å². The highest BCUT2D eigenvalue weighted by Gasteiger charge is 2.11. The van der Waals surface area contributed by atoms with Gasteiger partial charge in [-0.15, -0.1) is 11.3 Å². The van der Waals surface area contributed by atoms with Gasteiger partial charge in [0, 0.05) is 46.8 Å². The molecule has 4 aromatic heterocycles. The van der Waals surface area contributed by atoms with Crippen LogP contribution in [0, 0.1) is 0 Å². The lowest BCUT2D eigenvalue weighted by atomic mass is 10.2. The number of hydrogen-bond donors (Lipinski definition) is 3. The van der Waals surface area contributed by atoms with Gasteiger partial charge in [0.25, 0.3) is 5.91 Å². The lowest BCUT2D eigenvalue weighted by Crippen LogP contribution is -2.36. The van der Waals surface area contributed by atoms with Crippen molar-refractivity contribution < 1.29 is 4.79 Å². The zero-order valence-electron chi connectivity index (χ0n) is 13.1. The molecule has 0 aromatic carbocycles. The molecule has 0 radical (unpaired) electrons. The van der Waals surface area contributed by atoms with Crippen molar-refractivity contribution >= 4 is 28.3 Å². The summed E-state index contributed by atoms with van der Waals surface area (Å²) in [6.45, 7) is 0.490. The Kier molecular flexibility index (Phi) is 4.19. The molecule has 4 heterocycles. The van der Waals surface area contributed by atoms with Crippen molar-refractivity contribution in [3.05, 3.63) is 65.7 Å². The lowest BCUT2D eigenvalue weighted by molar-refractivity contribution is 0.0932. The van der Waals surface area contributed by atoms with Crippen LogP contribution in [0.1, 0.15) is 15.2 Å². The molecule has 4 rings (SSSR count). The van der Waals surface area contributed by atoms with Crippen LogP contribution in [-0.4, -0.2) is 25.8 Å². The smallest absolute Gasteiger partial charge is 0.266 e. The summed E-state index contributed by atoms with van der Waals surface area (Å²) >= 11 is 1.57. The Labute approximate surface area is 147 Å². The van der Waals surface area contributed by atoms with E-state index >= 15 is 0 Å². The van der Waals surface area contributed by atoms with Crippen LogP contribution in [0.4, 0.5) is 0 Å². The van der Waals surface area contributed by atoms with Gasteiger partial charge < -0.3 is 4.98 Å². The summed E-state index contributed by atoms with van der Waals surface area (Å²) in [6, 6.07) is 7.35. The minimum atomic E-state index is -0.222. The largest absolute Gasteiger partial charge is 0.345 e. The summed E-state index contributed by atoms with van der Waals surface area (Å²) in [5.74, 6) is -0.222. The van der Waals surface area contributed by atoms with Gasteiger partial charge in [0.05, 0.1) is 12.1 Å². The molecule has 1 amide bonds. The van der Waals surface area contributed by atoms with Crippen molar-refractivity contribution in [2.24, 2.45) is 0 Å². The number of aromatic amines is 1. The first-order valence-corrected chi connectivity index (χ1v) is 8.43. The summed E-state index contributed by atoms with van der Waals surface area (Å²) in [7, 11) is 0. The molecule has 0 saturated carbocycles. The zero-order valence-corrected chi connectivity index (χ0v) is 13.9. The van der Waals surface area contributed by atoms with Gasteiger partial charge in [-0.3, -0.25) is 15.2 Å². The van der Waals surface area contributed by atoms with Crippen molar-refractivity contribution in [1.29, 1.82) is 0 Å². The van der Waals surface area contributed by atoms with Gasteiger partial charge in [-0.25, -0.2) is 15.4 Å². The number of pyridine rings is 2. The molecule has 0 aliphatic heterocycles. The molecule has 0 spiro atoms. The van der Waals surface area contributed by atoms with E-state index in [4.69, 9.17) is 0 Å². The number of nitrogens with one attached hydrogen (secondary N) is 3. The number of carbonyl (C=O) groups is 1. The first kappa shape index (κ1) is 15.4. The zero-order chi connectivity index (χ0) is 17.1. The Morgan fingerprint density at radius 1 is 1.16 bits per heavy atom. The fraction of sp³-hybridized carbons (Fsp3) is 0.0588. The monoisotopic (exact) mass is 350 g/mol. The molecule has 0 saturated heterocycles. The van der Waals surface area contributed by atoms with E-state index in [-0.39, 0.29) is 5.91 Å². The van der Waals surface area contributed by atoms with Crippen molar-refractivity contribution in [2.45, 2.75) is 6.54 Å². The number of rotatable bonds is 5. The molecule has 0 aliphatic rings. The summed E-state index contributed by atoms with van der Waals surface area (Å²) in [4.78, 5) is 28.8. The summed E-state index contributed by atoms with van der Waals surface area (Å²) in [5, 5.41) is 1.95. The number of aromatic nitrogens is 4. The van der Waals surface area contributed by atoms with Crippen LogP contribution in [0.15, 0.2) is 55.2 Å². The third kappa shape index (κ3) is 3.25. The van der Waals surface area contributed by atoms with Gasteiger partial charge in [-0.2, -0.15) is 0 Å². The fourth-order valence-corrected chi connectivity index (χ4v) is 3.31. The molecule has 25 heavy (non-hydrogen) atoms. The van der Waals surface area contributed by atoms with Gasteiger partial charge in [-0.1, -0.05) is 0 Å². The molecule has 124 valence electrons. The van der Waals surface area contributed by atoms with E-state index in [2.05, 4.69) is 30.8 Å². The maximum Gasteiger partial charge on any atom is 0.266 e. The molecule has 3 N–H and O–H groups in total. The summed E-state index contributed by atoms with van der Waals surface area (Å²) < 4.78 is 0. The number of amides is 1. The minimum absolute atomic E-state index is 0.222. The van der Waals surface area contributed by atoms with Crippen LogP contribution in [0.3, 0.4) is 0 Å². The Morgan fingerprint density at radius 2 is 2.08 bits per heavy atom. The third-order valence-electron chi connectivity index (χ3n) is 3.62. The number of hydrogen-bond acceptors (Lipinski definition) is 6. The highest BCUT2D eigenvalue weighted by Crippen LogP contribution is 2.30. The van der Waals surface area contributed by atoms with E-state index in [1.165, 1.54) is 6.20 Å². The Hall–Kier alpha value is -3.10. The summed E-state index contributed by atoms with van der Waals surface area (Å²) in [6.07, 6.45) is 8.62. The van der Waals surface area contributed by atoms with Gasteiger partial charge >= 0.3 is 0 Å². The Bertz CT molecular complexity index is 1010. The molecule has 8 heteroatoms. The molecule has 0 unspecified atom stereocenters. The van der Waals surface area contributed by atoms with Crippen LogP contribution in [-0.2, 0) is 6.54 Å². The molecule has 0 fully saturated rings. The highest BCUT2D eigenvalue weighted by atomic mass is 32.1. The number of fused-ring (bicyclic) bond motifs is 1. The number of thiazole rings is 1. The molecular weight excluding hydrogens is 336 g/mol. The van der Waals surface area contributed by atoms with E-state index in [1.54, 1.807) is 42.1 Å². The topological polar surface area (TPSA) is 95.6 Å². The standard InChI is InChI=1S/C17H14N6OS/c24-16(11-3-1-5-18-7-11)23-22-9-12-8-21-17(25-12)14-10-20-15-13(14)4-2-6-19-15/h1-8,10,22H,9H2,(H,19,20)(H,23,24). The fourth-order valence-electron chi connectivity index (χ4n) is 2.43. The SMILES string of the molecule is O=C(NNCc1cnc(-c2c[nH]c3ncccc23)s1)c1cccnc1. The lowest BCUT2D eigenvalue weighted by Gasteiger charge is -2.05. The van der Waals surface area contributed by atoms with Crippen LogP contribution in [0.2, 0.25) is 0 Å². The van der Waals surface area contributed by atoms with E-state index in [0.717, 1.165) is 26.5 Å². The molecular formula is C17H14N6OS. The van der Waals surface area contributed by atoms with Gasteiger partial charge in [-0.05, 0) is 24.3 Å². The second-order valence-electron chi connectivity index (χ2n) is 5.28. The molecule has 0 aliphatic carbocycles. The second-order valence-corrected chi connectivity index (χ2v) is 6.40. The van der Waals surface area contributed by atoms with E-state index in [0.29, 0.717) is 12.1 Å². The first-order chi connectivity index (χ1) is 12.3. The molecule has 4 aromatic rings. The predicted octanol–water partition coefficient (Wildman–Crippen LogP) is 2.52. The van der Waals surface area contributed by atoms with Gasteiger partial charge in [0.1, 0.15) is 10.7 Å². The van der Waals surface area contributed by atoms with E-state index in [1.807, 2.05) is 18.3 Å². The highest BCUT2D eigenvalue weighted by molar-refractivity contribution is 7.15. The van der Waals surface area contributed by atoms with E-state index in [9.17, 15) is 4.79 Å². The van der Waals surface area contributed by atoms with Crippen molar-refractivity contribution in [3.63, 3.8) is 0 Å². The average Bonchev–Trinajstić information content (AvgIpc) is 3.29. The van der Waals surface area contributed by atoms with Crippen LogP contribution < -0.4 is 10.9 Å².